The second-order valence-corrected chi connectivity index (χ2v) is 5.72. The number of hydrogen-bond acceptors (Lipinski definition) is 2. The topological polar surface area (TPSA) is 29.9 Å². The van der Waals surface area contributed by atoms with Crippen LogP contribution in [0.5, 0.6) is 0 Å². The maximum Gasteiger partial charge on any atom is 0.0739 e. The van der Waals surface area contributed by atoms with Crippen molar-refractivity contribution in [3.8, 4) is 0 Å². The highest BCUT2D eigenvalue weighted by molar-refractivity contribution is 9.10. The second kappa shape index (κ2) is 4.88. The smallest absolute Gasteiger partial charge is 0.0739 e. The Bertz CT molecular complexity index is 369. The van der Waals surface area contributed by atoms with Crippen molar-refractivity contribution in [3.05, 3.63) is 15.9 Å². The van der Waals surface area contributed by atoms with E-state index in [2.05, 4.69) is 33.3 Å². The van der Waals surface area contributed by atoms with Crippen LogP contribution in [0.1, 0.15) is 37.6 Å². The van der Waals surface area contributed by atoms with Gasteiger partial charge in [-0.2, -0.15) is 5.10 Å². The molecule has 0 aliphatic heterocycles. The molecule has 1 fully saturated rings. The van der Waals surface area contributed by atoms with Gasteiger partial charge in [-0.1, -0.05) is 12.8 Å². The third kappa shape index (κ3) is 2.86. The molecule has 0 spiro atoms. The van der Waals surface area contributed by atoms with E-state index in [4.69, 9.17) is 0 Å². The van der Waals surface area contributed by atoms with Crippen LogP contribution in [-0.4, -0.2) is 15.8 Å². The normalized spacial score (nSPS) is 17.8. The molecule has 90 valence electrons. The first kappa shape index (κ1) is 12.1. The summed E-state index contributed by atoms with van der Waals surface area (Å²) in [5.41, 5.74) is 2.30. The van der Waals surface area contributed by atoms with Gasteiger partial charge in [0.15, 0.2) is 0 Å². The van der Waals surface area contributed by atoms with Crippen LogP contribution in [0.4, 0.5) is 0 Å². The quantitative estimate of drug-likeness (QED) is 0.902. The third-order valence-electron chi connectivity index (χ3n) is 3.26. The molecule has 1 aromatic rings. The molecule has 1 saturated carbocycles. The van der Waals surface area contributed by atoms with Gasteiger partial charge in [0.05, 0.1) is 15.9 Å². The molecule has 16 heavy (non-hydrogen) atoms. The monoisotopic (exact) mass is 285 g/mol. The SMILES string of the molecule is Cc1nn(C)c(CNC(C)CC2CC2)c1Br. The van der Waals surface area contributed by atoms with Crippen molar-refractivity contribution in [3.63, 3.8) is 0 Å². The van der Waals surface area contributed by atoms with E-state index in [1.807, 2.05) is 18.7 Å². The van der Waals surface area contributed by atoms with Crippen LogP contribution >= 0.6 is 15.9 Å². The molecule has 0 amide bonds. The molecule has 0 bridgehead atoms. The van der Waals surface area contributed by atoms with Gasteiger partial charge in [0, 0.05) is 19.6 Å². The molecule has 1 atom stereocenters. The molecule has 0 radical (unpaired) electrons. The lowest BCUT2D eigenvalue weighted by atomic mass is 10.1. The Balaban J connectivity index is 1.87. The van der Waals surface area contributed by atoms with Crippen molar-refractivity contribution in [2.24, 2.45) is 13.0 Å². The Labute approximate surface area is 106 Å². The van der Waals surface area contributed by atoms with Gasteiger partial charge < -0.3 is 5.32 Å². The first-order valence-corrected chi connectivity index (χ1v) is 6.78. The molecule has 0 aromatic carbocycles. The summed E-state index contributed by atoms with van der Waals surface area (Å²) in [5, 5.41) is 7.97. The van der Waals surface area contributed by atoms with Crippen molar-refractivity contribution in [2.45, 2.75) is 45.7 Å². The summed E-state index contributed by atoms with van der Waals surface area (Å²) >= 11 is 3.59. The average Bonchev–Trinajstić information content (AvgIpc) is 2.97. The Morgan fingerprint density at radius 3 is 2.75 bits per heavy atom. The van der Waals surface area contributed by atoms with Crippen LogP contribution in [0.2, 0.25) is 0 Å². The van der Waals surface area contributed by atoms with Gasteiger partial charge in [-0.25, -0.2) is 0 Å². The maximum absolute atomic E-state index is 4.39. The van der Waals surface area contributed by atoms with Gasteiger partial charge in [0.25, 0.3) is 0 Å². The third-order valence-corrected chi connectivity index (χ3v) is 4.29. The van der Waals surface area contributed by atoms with E-state index in [1.54, 1.807) is 0 Å². The van der Waals surface area contributed by atoms with E-state index in [9.17, 15) is 0 Å². The van der Waals surface area contributed by atoms with E-state index < -0.39 is 0 Å². The van der Waals surface area contributed by atoms with Crippen molar-refractivity contribution in [1.29, 1.82) is 0 Å². The Kier molecular flexibility index (Phi) is 3.70. The Morgan fingerprint density at radius 2 is 2.25 bits per heavy atom. The second-order valence-electron chi connectivity index (χ2n) is 4.93. The van der Waals surface area contributed by atoms with Crippen LogP contribution in [-0.2, 0) is 13.6 Å². The highest BCUT2D eigenvalue weighted by Crippen LogP contribution is 2.33. The van der Waals surface area contributed by atoms with Crippen molar-refractivity contribution in [2.75, 3.05) is 0 Å². The standard InChI is InChI=1S/C12H20BrN3/c1-8(6-10-4-5-10)14-7-11-12(13)9(2)15-16(11)3/h8,10,14H,4-7H2,1-3H3. The highest BCUT2D eigenvalue weighted by atomic mass is 79.9. The summed E-state index contributed by atoms with van der Waals surface area (Å²) in [5.74, 6) is 0.985. The molecule has 1 aliphatic rings. The fraction of sp³-hybridized carbons (Fsp3) is 0.750. The summed E-state index contributed by atoms with van der Waals surface area (Å²) in [6.07, 6.45) is 4.18. The lowest BCUT2D eigenvalue weighted by Crippen LogP contribution is -2.27. The molecule has 1 unspecified atom stereocenters. The molecule has 2 rings (SSSR count). The largest absolute Gasteiger partial charge is 0.309 e. The summed E-state index contributed by atoms with van der Waals surface area (Å²) in [7, 11) is 2.00. The zero-order chi connectivity index (χ0) is 11.7. The molecule has 1 heterocycles. The zero-order valence-electron chi connectivity index (χ0n) is 10.3. The number of rotatable bonds is 5. The van der Waals surface area contributed by atoms with Crippen LogP contribution in [0.3, 0.4) is 0 Å². The lowest BCUT2D eigenvalue weighted by molar-refractivity contribution is 0.476. The number of nitrogens with zero attached hydrogens (tertiary/aromatic N) is 2. The number of aromatic nitrogens is 2. The minimum Gasteiger partial charge on any atom is -0.309 e. The molecule has 1 aliphatic carbocycles. The summed E-state index contributed by atoms with van der Waals surface area (Å²) in [6.45, 7) is 5.20. The van der Waals surface area contributed by atoms with Gasteiger partial charge in [-0.15, -0.1) is 0 Å². The van der Waals surface area contributed by atoms with Gasteiger partial charge in [0.2, 0.25) is 0 Å². The zero-order valence-corrected chi connectivity index (χ0v) is 11.8. The Morgan fingerprint density at radius 1 is 1.56 bits per heavy atom. The molecule has 4 heteroatoms. The minimum absolute atomic E-state index is 0.606. The highest BCUT2D eigenvalue weighted by Gasteiger charge is 2.23. The van der Waals surface area contributed by atoms with E-state index in [0.29, 0.717) is 6.04 Å². The van der Waals surface area contributed by atoms with Gasteiger partial charge >= 0.3 is 0 Å². The first-order valence-electron chi connectivity index (χ1n) is 5.99. The number of halogens is 1. The van der Waals surface area contributed by atoms with Crippen LogP contribution in [0, 0.1) is 12.8 Å². The predicted octanol–water partition coefficient (Wildman–Crippen LogP) is 2.77. The van der Waals surface area contributed by atoms with Crippen LogP contribution in [0.15, 0.2) is 4.47 Å². The average molecular weight is 286 g/mol. The summed E-state index contributed by atoms with van der Waals surface area (Å²) in [4.78, 5) is 0. The molecule has 0 saturated heterocycles. The van der Waals surface area contributed by atoms with Crippen LogP contribution < -0.4 is 5.32 Å². The van der Waals surface area contributed by atoms with E-state index >= 15 is 0 Å². The summed E-state index contributed by atoms with van der Waals surface area (Å²) in [6, 6.07) is 0.606. The molecule has 1 N–H and O–H groups in total. The van der Waals surface area contributed by atoms with Gasteiger partial charge in [-0.05, 0) is 42.1 Å². The van der Waals surface area contributed by atoms with Crippen molar-refractivity contribution in [1.82, 2.24) is 15.1 Å². The lowest BCUT2D eigenvalue weighted by Gasteiger charge is -2.13. The maximum atomic E-state index is 4.39. The predicted molar refractivity (Wildman–Crippen MR) is 69.3 cm³/mol. The molecule has 3 nitrogen and oxygen atoms in total. The number of hydrogen-bond donors (Lipinski definition) is 1. The number of nitrogens with one attached hydrogen (secondary N) is 1. The van der Waals surface area contributed by atoms with E-state index in [-0.39, 0.29) is 0 Å². The first-order chi connectivity index (χ1) is 7.58. The minimum atomic E-state index is 0.606. The fourth-order valence-corrected chi connectivity index (χ4v) is 2.56. The fourth-order valence-electron chi connectivity index (χ4n) is 2.08. The molecule has 1 aromatic heterocycles. The Hall–Kier alpha value is -0.350. The molecular formula is C12H20BrN3. The van der Waals surface area contributed by atoms with Crippen molar-refractivity contribution >= 4 is 15.9 Å². The van der Waals surface area contributed by atoms with E-state index in [0.717, 1.165) is 22.6 Å². The van der Waals surface area contributed by atoms with Gasteiger partial charge in [-0.3, -0.25) is 4.68 Å². The van der Waals surface area contributed by atoms with Crippen LogP contribution in [0.25, 0.3) is 0 Å². The van der Waals surface area contributed by atoms with E-state index in [1.165, 1.54) is 25.0 Å². The summed E-state index contributed by atoms with van der Waals surface area (Å²) < 4.78 is 3.09. The van der Waals surface area contributed by atoms with Gasteiger partial charge in [0.1, 0.15) is 0 Å². The molecular weight excluding hydrogens is 266 g/mol. The number of aryl methyl sites for hydroxylation is 2. The van der Waals surface area contributed by atoms with Crippen molar-refractivity contribution < 1.29 is 0 Å².